The predicted octanol–water partition coefficient (Wildman–Crippen LogP) is 0.459. The van der Waals surface area contributed by atoms with E-state index in [2.05, 4.69) is 10.6 Å². The highest BCUT2D eigenvalue weighted by atomic mass is 19.1. The summed E-state index contributed by atoms with van der Waals surface area (Å²) in [6, 6.07) is -0.344. The summed E-state index contributed by atoms with van der Waals surface area (Å²) in [6.45, 7) is 4.85. The molecule has 1 aliphatic rings. The Morgan fingerprint density at radius 1 is 1.62 bits per heavy atom. The van der Waals surface area contributed by atoms with E-state index in [4.69, 9.17) is 0 Å². The molecule has 13 heavy (non-hydrogen) atoms. The van der Waals surface area contributed by atoms with E-state index in [1.807, 2.05) is 0 Å². The van der Waals surface area contributed by atoms with Crippen LogP contribution in [0.4, 0.5) is 4.39 Å². The van der Waals surface area contributed by atoms with Crippen molar-refractivity contribution in [2.75, 3.05) is 13.1 Å². The zero-order chi connectivity index (χ0) is 9.84. The summed E-state index contributed by atoms with van der Waals surface area (Å²) >= 11 is 0. The van der Waals surface area contributed by atoms with Gasteiger partial charge in [-0.25, -0.2) is 4.39 Å². The molecule has 4 heteroatoms. The van der Waals surface area contributed by atoms with Gasteiger partial charge in [0.1, 0.15) is 6.17 Å². The number of hydrogen-bond donors (Lipinski definition) is 2. The first-order chi connectivity index (χ1) is 6.11. The van der Waals surface area contributed by atoms with Crippen molar-refractivity contribution in [1.29, 1.82) is 0 Å². The minimum absolute atomic E-state index is 0.0728. The predicted molar refractivity (Wildman–Crippen MR) is 49.2 cm³/mol. The van der Waals surface area contributed by atoms with Crippen LogP contribution in [0.1, 0.15) is 20.3 Å². The van der Waals surface area contributed by atoms with E-state index in [0.29, 0.717) is 19.5 Å². The minimum atomic E-state index is -0.899. The number of halogens is 1. The first kappa shape index (κ1) is 10.4. The van der Waals surface area contributed by atoms with Crippen LogP contribution in [0, 0.1) is 5.92 Å². The Morgan fingerprint density at radius 3 is 2.85 bits per heavy atom. The van der Waals surface area contributed by atoms with E-state index >= 15 is 0 Å². The minimum Gasteiger partial charge on any atom is -0.349 e. The molecule has 0 aromatic heterocycles. The van der Waals surface area contributed by atoms with Gasteiger partial charge in [-0.2, -0.15) is 0 Å². The lowest BCUT2D eigenvalue weighted by molar-refractivity contribution is -0.125. The Hall–Kier alpha value is -0.640. The highest BCUT2D eigenvalue weighted by molar-refractivity contribution is 5.78. The number of hydrogen-bond acceptors (Lipinski definition) is 2. The normalized spacial score (nSPS) is 28.9. The molecule has 1 heterocycles. The van der Waals surface area contributed by atoms with Crippen LogP contribution in [-0.2, 0) is 4.79 Å². The first-order valence-electron chi connectivity index (χ1n) is 4.76. The molecule has 76 valence electrons. The molecule has 0 aromatic rings. The Kier molecular flexibility index (Phi) is 3.66. The highest BCUT2D eigenvalue weighted by Gasteiger charge is 2.26. The van der Waals surface area contributed by atoms with Gasteiger partial charge < -0.3 is 10.6 Å². The quantitative estimate of drug-likeness (QED) is 0.661. The standard InChI is InChI=1S/C9H17FN2O/c1-6(2)9(13)12-8-5-11-4-3-7(8)10/h6-8,11H,3-5H2,1-2H3,(H,12,13)/t7-,8-/m0/s1. The summed E-state index contributed by atoms with van der Waals surface area (Å²) in [5.41, 5.74) is 0. The monoisotopic (exact) mass is 188 g/mol. The molecule has 2 atom stereocenters. The van der Waals surface area contributed by atoms with Crippen molar-refractivity contribution in [1.82, 2.24) is 10.6 Å². The average molecular weight is 188 g/mol. The van der Waals surface area contributed by atoms with Gasteiger partial charge in [-0.15, -0.1) is 0 Å². The second kappa shape index (κ2) is 4.56. The summed E-state index contributed by atoms with van der Waals surface area (Å²) in [5, 5.41) is 5.75. The number of carbonyl (C=O) groups is 1. The number of piperidine rings is 1. The molecule has 0 bridgehead atoms. The SMILES string of the molecule is CC(C)C(=O)N[C@H]1CNCC[C@@H]1F. The molecule has 1 aliphatic heterocycles. The zero-order valence-electron chi connectivity index (χ0n) is 8.14. The number of carbonyl (C=O) groups excluding carboxylic acids is 1. The lowest BCUT2D eigenvalue weighted by Crippen LogP contribution is -2.53. The van der Waals surface area contributed by atoms with E-state index in [0.717, 1.165) is 0 Å². The lowest BCUT2D eigenvalue weighted by Gasteiger charge is -2.28. The van der Waals surface area contributed by atoms with Crippen LogP contribution in [0.15, 0.2) is 0 Å². The number of alkyl halides is 1. The molecule has 0 saturated carbocycles. The summed E-state index contributed by atoms with van der Waals surface area (Å²) in [6.07, 6.45) is -0.410. The molecule has 0 aliphatic carbocycles. The smallest absolute Gasteiger partial charge is 0.222 e. The molecule has 1 amide bonds. The maximum Gasteiger partial charge on any atom is 0.222 e. The maximum absolute atomic E-state index is 13.2. The molecular formula is C9H17FN2O. The fraction of sp³-hybridized carbons (Fsp3) is 0.889. The van der Waals surface area contributed by atoms with Crippen LogP contribution in [0.5, 0.6) is 0 Å². The van der Waals surface area contributed by atoms with Gasteiger partial charge in [0.2, 0.25) is 5.91 Å². The van der Waals surface area contributed by atoms with Crippen LogP contribution in [-0.4, -0.2) is 31.2 Å². The largest absolute Gasteiger partial charge is 0.349 e. The van der Waals surface area contributed by atoms with Crippen LogP contribution >= 0.6 is 0 Å². The van der Waals surface area contributed by atoms with Gasteiger partial charge in [-0.3, -0.25) is 4.79 Å². The molecular weight excluding hydrogens is 171 g/mol. The van der Waals surface area contributed by atoms with Gasteiger partial charge in [0.15, 0.2) is 0 Å². The van der Waals surface area contributed by atoms with Gasteiger partial charge in [0, 0.05) is 12.5 Å². The Labute approximate surface area is 78.1 Å². The van der Waals surface area contributed by atoms with E-state index in [-0.39, 0.29) is 17.9 Å². The van der Waals surface area contributed by atoms with Crippen molar-refractivity contribution in [3.63, 3.8) is 0 Å². The van der Waals surface area contributed by atoms with E-state index in [1.54, 1.807) is 13.8 Å². The van der Waals surface area contributed by atoms with E-state index in [1.165, 1.54) is 0 Å². The second-order valence-corrected chi connectivity index (χ2v) is 3.78. The van der Waals surface area contributed by atoms with Crippen molar-refractivity contribution in [2.45, 2.75) is 32.5 Å². The van der Waals surface area contributed by atoms with Crippen molar-refractivity contribution in [2.24, 2.45) is 5.92 Å². The summed E-state index contributed by atoms with van der Waals surface area (Å²) in [5.74, 6) is -0.148. The van der Waals surface area contributed by atoms with Gasteiger partial charge in [-0.1, -0.05) is 13.8 Å². The number of rotatable bonds is 2. The average Bonchev–Trinajstić information content (AvgIpc) is 2.08. The van der Waals surface area contributed by atoms with Crippen LogP contribution < -0.4 is 10.6 Å². The molecule has 1 fully saturated rings. The van der Waals surface area contributed by atoms with Crippen molar-refractivity contribution in [3.8, 4) is 0 Å². The molecule has 0 aromatic carbocycles. The van der Waals surface area contributed by atoms with Crippen LogP contribution in [0.25, 0.3) is 0 Å². The third-order valence-corrected chi connectivity index (χ3v) is 2.25. The van der Waals surface area contributed by atoms with Crippen molar-refractivity contribution in [3.05, 3.63) is 0 Å². The molecule has 1 rings (SSSR count). The molecule has 0 spiro atoms. The maximum atomic E-state index is 13.2. The first-order valence-corrected chi connectivity index (χ1v) is 4.76. The number of amides is 1. The van der Waals surface area contributed by atoms with Crippen molar-refractivity contribution < 1.29 is 9.18 Å². The topological polar surface area (TPSA) is 41.1 Å². The second-order valence-electron chi connectivity index (χ2n) is 3.78. The summed E-state index contributed by atoms with van der Waals surface area (Å²) < 4.78 is 13.2. The van der Waals surface area contributed by atoms with E-state index < -0.39 is 6.17 Å². The van der Waals surface area contributed by atoms with Gasteiger partial charge >= 0.3 is 0 Å². The molecule has 0 unspecified atom stereocenters. The van der Waals surface area contributed by atoms with Gasteiger partial charge in [-0.05, 0) is 13.0 Å². The number of nitrogens with one attached hydrogen (secondary N) is 2. The van der Waals surface area contributed by atoms with Gasteiger partial charge in [0.25, 0.3) is 0 Å². The van der Waals surface area contributed by atoms with E-state index in [9.17, 15) is 9.18 Å². The highest BCUT2D eigenvalue weighted by Crippen LogP contribution is 2.08. The fourth-order valence-electron chi connectivity index (χ4n) is 1.32. The Morgan fingerprint density at radius 2 is 2.31 bits per heavy atom. The fourth-order valence-corrected chi connectivity index (χ4v) is 1.32. The summed E-state index contributed by atoms with van der Waals surface area (Å²) in [7, 11) is 0. The van der Waals surface area contributed by atoms with Crippen molar-refractivity contribution >= 4 is 5.91 Å². The zero-order valence-corrected chi connectivity index (χ0v) is 8.14. The molecule has 0 radical (unpaired) electrons. The third-order valence-electron chi connectivity index (χ3n) is 2.25. The summed E-state index contributed by atoms with van der Waals surface area (Å²) in [4.78, 5) is 11.3. The Bertz CT molecular complexity index is 184. The lowest BCUT2D eigenvalue weighted by atomic mass is 10.0. The Balaban J connectivity index is 2.38. The molecule has 3 nitrogen and oxygen atoms in total. The molecule has 2 N–H and O–H groups in total. The molecule has 1 saturated heterocycles. The van der Waals surface area contributed by atoms with Gasteiger partial charge in [0.05, 0.1) is 6.04 Å². The third kappa shape index (κ3) is 2.95. The van der Waals surface area contributed by atoms with Crippen LogP contribution in [0.2, 0.25) is 0 Å². The van der Waals surface area contributed by atoms with Crippen LogP contribution in [0.3, 0.4) is 0 Å².